The van der Waals surface area contributed by atoms with Crippen LogP contribution < -0.4 is 5.32 Å². The molecule has 0 unspecified atom stereocenters. The van der Waals surface area contributed by atoms with E-state index < -0.39 is 18.4 Å². The average Bonchev–Trinajstić information content (AvgIpc) is 3.01. The zero-order valence-electron chi connectivity index (χ0n) is 13.2. The molecule has 1 aromatic heterocycles. The highest BCUT2D eigenvalue weighted by atomic mass is 35.5. The number of rotatable bonds is 4. The molecule has 3 heterocycles. The molecule has 1 aromatic rings. The Morgan fingerprint density at radius 3 is 2.91 bits per heavy atom. The number of hydrogen-bond acceptors (Lipinski definition) is 5. The van der Waals surface area contributed by atoms with Crippen LogP contribution in [0.2, 0.25) is 5.02 Å². The van der Waals surface area contributed by atoms with Crippen LogP contribution in [-0.4, -0.2) is 52.6 Å². The lowest BCUT2D eigenvalue weighted by Crippen LogP contribution is -2.58. The fourth-order valence-electron chi connectivity index (χ4n) is 3.03. The summed E-state index contributed by atoms with van der Waals surface area (Å²) in [6.07, 6.45) is 3.02. The van der Waals surface area contributed by atoms with E-state index in [0.29, 0.717) is 11.6 Å². The molecular weight excluding hydrogens is 306 g/mol. The van der Waals surface area contributed by atoms with Gasteiger partial charge in [-0.2, -0.15) is 5.10 Å². The number of ether oxygens (including phenoxy) is 2. The molecule has 124 valence electrons. The molecule has 2 aliphatic rings. The zero-order chi connectivity index (χ0) is 15.9. The van der Waals surface area contributed by atoms with E-state index in [0.717, 1.165) is 13.0 Å². The van der Waals surface area contributed by atoms with E-state index in [9.17, 15) is 5.11 Å². The SMILES string of the molecule is CC(C)(C)CCN[C@H]1[C@H](O)[C@@H](n2cc(Cl)cn2)[C@@H]2OC[C@H]1O2. The molecule has 2 N–H and O–H groups in total. The third kappa shape index (κ3) is 3.31. The van der Waals surface area contributed by atoms with Crippen LogP contribution in [0.15, 0.2) is 12.4 Å². The van der Waals surface area contributed by atoms with E-state index in [1.165, 1.54) is 0 Å². The van der Waals surface area contributed by atoms with Gasteiger partial charge in [0.15, 0.2) is 6.29 Å². The largest absolute Gasteiger partial charge is 0.389 e. The summed E-state index contributed by atoms with van der Waals surface area (Å²) < 4.78 is 13.2. The van der Waals surface area contributed by atoms with Gasteiger partial charge < -0.3 is 19.9 Å². The first-order valence-electron chi connectivity index (χ1n) is 7.73. The highest BCUT2D eigenvalue weighted by molar-refractivity contribution is 6.30. The van der Waals surface area contributed by atoms with E-state index in [2.05, 4.69) is 31.2 Å². The quantitative estimate of drug-likeness (QED) is 0.878. The minimum absolute atomic E-state index is 0.123. The highest BCUT2D eigenvalue weighted by Gasteiger charge is 2.51. The minimum atomic E-state index is -0.637. The third-order valence-electron chi connectivity index (χ3n) is 4.26. The second-order valence-corrected chi connectivity index (χ2v) is 7.72. The van der Waals surface area contributed by atoms with E-state index in [1.807, 2.05) is 0 Å². The molecule has 2 fully saturated rings. The fourth-order valence-corrected chi connectivity index (χ4v) is 3.17. The molecule has 3 rings (SSSR count). The van der Waals surface area contributed by atoms with Crippen molar-refractivity contribution < 1.29 is 14.6 Å². The second-order valence-electron chi connectivity index (χ2n) is 7.29. The Labute approximate surface area is 135 Å². The maximum atomic E-state index is 10.8. The molecule has 2 aliphatic heterocycles. The van der Waals surface area contributed by atoms with Gasteiger partial charge in [-0.3, -0.25) is 4.68 Å². The van der Waals surface area contributed by atoms with Gasteiger partial charge in [-0.25, -0.2) is 0 Å². The first-order valence-corrected chi connectivity index (χ1v) is 8.11. The van der Waals surface area contributed by atoms with Gasteiger partial charge >= 0.3 is 0 Å². The molecule has 5 atom stereocenters. The minimum Gasteiger partial charge on any atom is -0.389 e. The number of nitrogens with one attached hydrogen (secondary N) is 1. The van der Waals surface area contributed by atoms with Crippen molar-refractivity contribution in [2.75, 3.05) is 13.2 Å². The summed E-state index contributed by atoms with van der Waals surface area (Å²) in [5, 5.41) is 18.9. The van der Waals surface area contributed by atoms with Crippen LogP contribution in [-0.2, 0) is 9.47 Å². The molecule has 0 spiro atoms. The predicted molar refractivity (Wildman–Crippen MR) is 82.8 cm³/mol. The third-order valence-corrected chi connectivity index (χ3v) is 4.46. The predicted octanol–water partition coefficient (Wildman–Crippen LogP) is 1.59. The molecule has 0 aromatic carbocycles. The molecule has 2 bridgehead atoms. The van der Waals surface area contributed by atoms with Crippen LogP contribution in [0.25, 0.3) is 0 Å². The smallest absolute Gasteiger partial charge is 0.183 e. The van der Waals surface area contributed by atoms with E-state index in [4.69, 9.17) is 21.1 Å². The van der Waals surface area contributed by atoms with Gasteiger partial charge in [0.05, 0.1) is 30.0 Å². The summed E-state index contributed by atoms with van der Waals surface area (Å²) >= 11 is 5.94. The van der Waals surface area contributed by atoms with Crippen LogP contribution in [0.3, 0.4) is 0 Å². The van der Waals surface area contributed by atoms with Crippen molar-refractivity contribution in [1.82, 2.24) is 15.1 Å². The van der Waals surface area contributed by atoms with E-state index in [-0.39, 0.29) is 17.6 Å². The zero-order valence-corrected chi connectivity index (χ0v) is 14.0. The van der Waals surface area contributed by atoms with Gasteiger partial charge in [0, 0.05) is 6.20 Å². The Hall–Kier alpha value is -0.660. The average molecular weight is 330 g/mol. The Bertz CT molecular complexity index is 516. The lowest BCUT2D eigenvalue weighted by atomic mass is 9.91. The number of halogens is 1. The lowest BCUT2D eigenvalue weighted by Gasteiger charge is -2.39. The highest BCUT2D eigenvalue weighted by Crippen LogP contribution is 2.35. The lowest BCUT2D eigenvalue weighted by molar-refractivity contribution is -0.168. The van der Waals surface area contributed by atoms with Gasteiger partial charge in [0.1, 0.15) is 12.1 Å². The summed E-state index contributed by atoms with van der Waals surface area (Å²) in [5.74, 6) is 0. The Balaban J connectivity index is 1.71. The molecule has 0 radical (unpaired) electrons. The van der Waals surface area contributed by atoms with Gasteiger partial charge in [-0.15, -0.1) is 0 Å². The molecule has 0 aliphatic carbocycles. The molecule has 0 amide bonds. The van der Waals surface area contributed by atoms with Gasteiger partial charge in [0.25, 0.3) is 0 Å². The van der Waals surface area contributed by atoms with Crippen LogP contribution >= 0.6 is 11.6 Å². The van der Waals surface area contributed by atoms with Crippen molar-refractivity contribution in [3.05, 3.63) is 17.4 Å². The Morgan fingerprint density at radius 1 is 1.50 bits per heavy atom. The number of fused-ring (bicyclic) bond motifs is 2. The number of nitrogens with zero attached hydrogens (tertiary/aromatic N) is 2. The Kier molecular flexibility index (Phi) is 4.49. The molecule has 2 saturated heterocycles. The number of aliphatic hydroxyl groups excluding tert-OH is 1. The van der Waals surface area contributed by atoms with Crippen LogP contribution in [0.1, 0.15) is 33.2 Å². The molecule has 7 heteroatoms. The summed E-state index contributed by atoms with van der Waals surface area (Å²) in [4.78, 5) is 0. The molecule has 0 saturated carbocycles. The van der Waals surface area contributed by atoms with Crippen molar-refractivity contribution in [3.63, 3.8) is 0 Å². The van der Waals surface area contributed by atoms with Crippen LogP contribution in [0, 0.1) is 5.41 Å². The van der Waals surface area contributed by atoms with Crippen molar-refractivity contribution in [2.24, 2.45) is 5.41 Å². The van der Waals surface area contributed by atoms with Crippen molar-refractivity contribution in [3.8, 4) is 0 Å². The number of hydrogen-bond donors (Lipinski definition) is 2. The number of aliphatic hydroxyl groups is 1. The summed E-state index contributed by atoms with van der Waals surface area (Å²) in [6, 6.07) is -0.563. The van der Waals surface area contributed by atoms with E-state index >= 15 is 0 Å². The first kappa shape index (κ1) is 16.2. The fraction of sp³-hybridized carbons (Fsp3) is 0.800. The van der Waals surface area contributed by atoms with Gasteiger partial charge in [0.2, 0.25) is 0 Å². The van der Waals surface area contributed by atoms with Gasteiger partial charge in [-0.1, -0.05) is 32.4 Å². The van der Waals surface area contributed by atoms with Crippen molar-refractivity contribution in [2.45, 2.75) is 57.8 Å². The number of aromatic nitrogens is 2. The standard InChI is InChI=1S/C15H24ClN3O3/c1-15(2,3)4-5-17-11-10-8-21-14(22-10)12(13(11)20)19-7-9(16)6-18-19/h6-7,10-14,17,20H,4-5,8H2,1-3H3/t10-,11-,12-,13+,14-/m1/s1. The topological polar surface area (TPSA) is 68.5 Å². The second kappa shape index (κ2) is 6.09. The van der Waals surface area contributed by atoms with Crippen molar-refractivity contribution in [1.29, 1.82) is 0 Å². The van der Waals surface area contributed by atoms with Crippen LogP contribution in [0.5, 0.6) is 0 Å². The molecular formula is C15H24ClN3O3. The summed E-state index contributed by atoms with van der Waals surface area (Å²) in [7, 11) is 0. The van der Waals surface area contributed by atoms with Crippen molar-refractivity contribution >= 4 is 11.6 Å². The maximum Gasteiger partial charge on any atom is 0.183 e. The maximum absolute atomic E-state index is 10.8. The first-order chi connectivity index (χ1) is 10.3. The summed E-state index contributed by atoms with van der Waals surface area (Å²) in [5.41, 5.74) is 0.247. The molecule has 22 heavy (non-hydrogen) atoms. The normalized spacial score (nSPS) is 35.0. The molecule has 6 nitrogen and oxygen atoms in total. The van der Waals surface area contributed by atoms with Gasteiger partial charge in [-0.05, 0) is 18.4 Å². The Morgan fingerprint density at radius 2 is 2.27 bits per heavy atom. The summed E-state index contributed by atoms with van der Waals surface area (Å²) in [6.45, 7) is 7.91. The van der Waals surface area contributed by atoms with E-state index in [1.54, 1.807) is 17.1 Å². The van der Waals surface area contributed by atoms with Crippen LogP contribution in [0.4, 0.5) is 0 Å². The monoisotopic (exact) mass is 329 g/mol.